The second-order valence-corrected chi connectivity index (χ2v) is 13.2. The maximum atomic E-state index is 13.6. The molecule has 268 valence electrons. The number of hydrogen-bond acceptors (Lipinski definition) is 9. The Bertz CT molecular complexity index is 1460. The summed E-state index contributed by atoms with van der Waals surface area (Å²) in [5, 5.41) is 25.5. The van der Waals surface area contributed by atoms with E-state index in [1.165, 1.54) is 6.92 Å². The molecule has 49 heavy (non-hydrogen) atoms. The van der Waals surface area contributed by atoms with Crippen molar-refractivity contribution in [3.8, 4) is 5.75 Å². The number of amides is 5. The molecule has 14 heteroatoms. The highest BCUT2D eigenvalue weighted by Gasteiger charge is 2.31. The average molecular weight is 683 g/mol. The second kappa shape index (κ2) is 18.3. The van der Waals surface area contributed by atoms with Crippen molar-refractivity contribution in [3.05, 3.63) is 46.8 Å². The van der Waals surface area contributed by atoms with Gasteiger partial charge in [-0.25, -0.2) is 0 Å². The van der Waals surface area contributed by atoms with Gasteiger partial charge < -0.3 is 40.5 Å². The molecule has 1 aliphatic carbocycles. The fourth-order valence-electron chi connectivity index (χ4n) is 6.00. The Morgan fingerprint density at radius 2 is 1.69 bits per heavy atom. The van der Waals surface area contributed by atoms with Crippen molar-refractivity contribution in [2.75, 3.05) is 32.8 Å². The van der Waals surface area contributed by atoms with Crippen LogP contribution >= 0.6 is 0 Å². The molecule has 2 bridgehead atoms. The van der Waals surface area contributed by atoms with Crippen molar-refractivity contribution in [1.29, 1.82) is 0 Å². The molecular weight excluding hydrogens is 632 g/mol. The molecule has 0 spiro atoms. The average Bonchev–Trinajstić information content (AvgIpc) is 3.50. The third-order valence-electron chi connectivity index (χ3n) is 8.58. The van der Waals surface area contributed by atoms with Crippen molar-refractivity contribution in [3.63, 3.8) is 0 Å². The monoisotopic (exact) mass is 682 g/mol. The summed E-state index contributed by atoms with van der Waals surface area (Å²) >= 11 is 0. The van der Waals surface area contributed by atoms with Crippen LogP contribution in [0.25, 0.3) is 0 Å². The molecule has 0 saturated carbocycles. The normalized spacial score (nSPS) is 21.6. The zero-order valence-electron chi connectivity index (χ0n) is 28.7. The summed E-state index contributed by atoms with van der Waals surface area (Å²) in [5.41, 5.74) is 1.82. The third-order valence-corrected chi connectivity index (χ3v) is 8.58. The molecule has 0 radical (unpaired) electrons. The van der Waals surface area contributed by atoms with Crippen LogP contribution in [0.3, 0.4) is 0 Å². The lowest BCUT2D eigenvalue weighted by Gasteiger charge is -2.26. The highest BCUT2D eigenvalue weighted by atomic mass is 16.5. The number of carbonyl (C=O) groups is 5. The maximum Gasteiger partial charge on any atom is 0.276 e. The number of nitrogens with zero attached hydrogens (tertiary/aromatic N) is 2. The summed E-state index contributed by atoms with van der Waals surface area (Å²) < 4.78 is 11.2. The fraction of sp³-hybridized carbons (Fsp3) is 0.600. The smallest absolute Gasteiger partial charge is 0.276 e. The number of aryl methyl sites for hydroxylation is 1. The van der Waals surface area contributed by atoms with Gasteiger partial charge in [0.2, 0.25) is 17.7 Å². The van der Waals surface area contributed by atoms with Gasteiger partial charge >= 0.3 is 0 Å². The first-order chi connectivity index (χ1) is 23.5. The summed E-state index contributed by atoms with van der Waals surface area (Å²) in [7, 11) is 0. The quantitative estimate of drug-likeness (QED) is 0.317. The van der Waals surface area contributed by atoms with Gasteiger partial charge in [0.25, 0.3) is 11.8 Å². The zero-order chi connectivity index (χ0) is 35.3. The van der Waals surface area contributed by atoms with Crippen LogP contribution in [0.1, 0.15) is 86.7 Å². The molecule has 5 amide bonds. The second-order valence-electron chi connectivity index (χ2n) is 13.2. The van der Waals surface area contributed by atoms with E-state index in [4.69, 9.17) is 9.26 Å². The molecule has 0 fully saturated rings. The summed E-state index contributed by atoms with van der Waals surface area (Å²) in [5.74, 6) is -0.873. The molecule has 1 aromatic carbocycles. The van der Waals surface area contributed by atoms with E-state index in [9.17, 15) is 29.1 Å². The van der Waals surface area contributed by atoms with Gasteiger partial charge in [-0.2, -0.15) is 0 Å². The number of ether oxygens (including phenoxy) is 1. The van der Waals surface area contributed by atoms with E-state index in [0.29, 0.717) is 62.3 Å². The van der Waals surface area contributed by atoms with E-state index in [2.05, 4.69) is 26.4 Å². The van der Waals surface area contributed by atoms with E-state index in [1.54, 1.807) is 29.2 Å². The van der Waals surface area contributed by atoms with Crippen LogP contribution in [-0.2, 0) is 38.4 Å². The Morgan fingerprint density at radius 3 is 2.47 bits per heavy atom. The number of aliphatic hydroxyl groups is 1. The number of fused-ring (bicyclic) bond motifs is 3. The van der Waals surface area contributed by atoms with Crippen molar-refractivity contribution in [2.45, 2.75) is 96.7 Å². The Morgan fingerprint density at radius 1 is 0.939 bits per heavy atom. The molecule has 2 aromatic rings. The number of aliphatic hydroxyl groups excluding tert-OH is 1. The Hall–Kier alpha value is -4.46. The van der Waals surface area contributed by atoms with Gasteiger partial charge in [-0.1, -0.05) is 31.1 Å². The minimum absolute atomic E-state index is 0.0437. The van der Waals surface area contributed by atoms with Crippen LogP contribution in [0.5, 0.6) is 5.75 Å². The maximum absolute atomic E-state index is 13.6. The van der Waals surface area contributed by atoms with Gasteiger partial charge in [-0.3, -0.25) is 24.0 Å². The Kier molecular flexibility index (Phi) is 14.0. The van der Waals surface area contributed by atoms with Crippen molar-refractivity contribution in [2.24, 2.45) is 5.92 Å². The first-order valence-corrected chi connectivity index (χ1v) is 17.3. The number of carbonyl (C=O) groups excluding carboxylic acids is 5. The van der Waals surface area contributed by atoms with Crippen molar-refractivity contribution < 1.29 is 38.3 Å². The number of rotatable bonds is 4. The highest BCUT2D eigenvalue weighted by Crippen LogP contribution is 2.25. The Balaban J connectivity index is 1.49. The first kappa shape index (κ1) is 37.4. The van der Waals surface area contributed by atoms with Gasteiger partial charge in [-0.15, -0.1) is 0 Å². The largest absolute Gasteiger partial charge is 0.484 e. The predicted octanol–water partition coefficient (Wildman–Crippen LogP) is 1.43. The standard InChI is InChI=1S/C35H50N6O8/c1-22(2)18-27-33(45)39-31(23(3)42)34(46)37-14-6-7-16-41(35(47)32-26-12-4-5-13-28(26)49-40-32)17-9-15-36-30(44)21-48-25-11-8-10-24(19-25)20-29(43)38-27/h8,10-11,19,22-23,27,31,42H,4-7,9,12-18,20-21H2,1-3H3,(H,36,44)(H,37,46)(H,38,43)(H,39,45)/t23-,27-,31+/m1/s1. The van der Waals surface area contributed by atoms with Gasteiger partial charge in [0.15, 0.2) is 12.3 Å². The molecule has 2 heterocycles. The molecule has 3 atom stereocenters. The number of hydrogen-bond donors (Lipinski definition) is 5. The first-order valence-electron chi connectivity index (χ1n) is 17.3. The van der Waals surface area contributed by atoms with Gasteiger partial charge in [-0.05, 0) is 75.5 Å². The summed E-state index contributed by atoms with van der Waals surface area (Å²) in [6, 6.07) is 4.62. The lowest BCUT2D eigenvalue weighted by Crippen LogP contribution is -2.57. The minimum Gasteiger partial charge on any atom is -0.484 e. The number of benzene rings is 1. The van der Waals surface area contributed by atoms with Crippen molar-refractivity contribution >= 4 is 29.5 Å². The molecule has 14 nitrogen and oxygen atoms in total. The van der Waals surface area contributed by atoms with Crippen molar-refractivity contribution in [1.82, 2.24) is 31.3 Å². The number of aromatic nitrogens is 1. The zero-order valence-corrected chi connectivity index (χ0v) is 28.7. The van der Waals surface area contributed by atoms with Gasteiger partial charge in [0, 0.05) is 38.2 Å². The molecular formula is C35H50N6O8. The lowest BCUT2D eigenvalue weighted by atomic mass is 9.96. The van der Waals surface area contributed by atoms with E-state index in [0.717, 1.165) is 37.0 Å². The van der Waals surface area contributed by atoms with Crippen LogP contribution in [-0.4, -0.2) is 95.7 Å². The Labute approximate surface area is 287 Å². The summed E-state index contributed by atoms with van der Waals surface area (Å²) in [6.45, 7) is 6.34. The fourth-order valence-corrected chi connectivity index (χ4v) is 6.00. The molecule has 1 aromatic heterocycles. The lowest BCUT2D eigenvalue weighted by molar-refractivity contribution is -0.134. The molecule has 0 saturated heterocycles. The van der Waals surface area contributed by atoms with Crippen LogP contribution in [0.4, 0.5) is 0 Å². The van der Waals surface area contributed by atoms with E-state index in [-0.39, 0.29) is 37.3 Å². The summed E-state index contributed by atoms with van der Waals surface area (Å²) in [6.07, 6.45) is 4.11. The van der Waals surface area contributed by atoms with Crippen LogP contribution < -0.4 is 26.0 Å². The van der Waals surface area contributed by atoms with E-state index >= 15 is 0 Å². The molecule has 4 rings (SSSR count). The van der Waals surface area contributed by atoms with Crippen LogP contribution in [0.15, 0.2) is 28.8 Å². The molecule has 0 unspecified atom stereocenters. The predicted molar refractivity (Wildman–Crippen MR) is 180 cm³/mol. The third kappa shape index (κ3) is 11.3. The summed E-state index contributed by atoms with van der Waals surface area (Å²) in [4.78, 5) is 67.3. The van der Waals surface area contributed by atoms with E-state index in [1.807, 2.05) is 13.8 Å². The molecule has 1 aliphatic heterocycles. The van der Waals surface area contributed by atoms with Gasteiger partial charge in [0.1, 0.15) is 23.6 Å². The van der Waals surface area contributed by atoms with Crippen LogP contribution in [0.2, 0.25) is 0 Å². The molecule has 2 aliphatic rings. The highest BCUT2D eigenvalue weighted by molar-refractivity contribution is 5.94. The minimum atomic E-state index is -1.23. The topological polar surface area (TPSA) is 192 Å². The van der Waals surface area contributed by atoms with Gasteiger partial charge in [0.05, 0.1) is 12.5 Å². The number of nitrogens with one attached hydrogen (secondary N) is 4. The molecule has 5 N–H and O–H groups in total. The SMILES string of the molecule is CC(C)C[C@H]1NC(=O)Cc2cccc(c2)OCC(=O)NCCCN(C(=O)c2noc3c2CCCC3)CCCCNC(=O)[C@H]([C@@H](C)O)NC1=O. The van der Waals surface area contributed by atoms with E-state index < -0.39 is 35.9 Å². The van der Waals surface area contributed by atoms with Crippen LogP contribution in [0, 0.1) is 5.92 Å².